The van der Waals surface area contributed by atoms with Gasteiger partial charge in [0.1, 0.15) is 5.82 Å². The Kier molecular flexibility index (Phi) is 4.47. The number of nitriles is 1. The van der Waals surface area contributed by atoms with Crippen molar-refractivity contribution in [1.29, 1.82) is 5.26 Å². The number of hydrogen-bond donors (Lipinski definition) is 1. The summed E-state index contributed by atoms with van der Waals surface area (Å²) in [5.41, 5.74) is 1.29. The molecule has 1 rings (SSSR count). The number of anilines is 1. The molecule has 0 saturated heterocycles. The summed E-state index contributed by atoms with van der Waals surface area (Å²) >= 11 is 0. The van der Waals surface area contributed by atoms with Gasteiger partial charge in [-0.15, -0.1) is 0 Å². The number of benzene rings is 1. The van der Waals surface area contributed by atoms with E-state index in [9.17, 15) is 9.50 Å². The molecular weight excluding hydrogens is 219 g/mol. The lowest BCUT2D eigenvalue weighted by atomic mass is 10.1. The number of hydrogen-bond acceptors (Lipinski definition) is 3. The maximum atomic E-state index is 13.1. The van der Waals surface area contributed by atoms with Crippen LogP contribution in [0.1, 0.15) is 31.9 Å². The SMILES string of the molecule is CC(CC#N)N(C)c1ccc(F)cc1[C@H](C)O. The van der Waals surface area contributed by atoms with Gasteiger partial charge in [0.2, 0.25) is 0 Å². The second kappa shape index (κ2) is 5.65. The predicted octanol–water partition coefficient (Wildman–Crippen LogP) is 2.62. The van der Waals surface area contributed by atoms with Crippen LogP contribution < -0.4 is 4.90 Å². The Morgan fingerprint density at radius 3 is 2.65 bits per heavy atom. The molecule has 17 heavy (non-hydrogen) atoms. The van der Waals surface area contributed by atoms with E-state index in [0.29, 0.717) is 12.0 Å². The van der Waals surface area contributed by atoms with Gasteiger partial charge in [0.25, 0.3) is 0 Å². The Hall–Kier alpha value is -1.60. The molecule has 92 valence electrons. The lowest BCUT2D eigenvalue weighted by Crippen LogP contribution is -2.29. The fourth-order valence-corrected chi connectivity index (χ4v) is 1.69. The van der Waals surface area contributed by atoms with Crippen molar-refractivity contribution in [1.82, 2.24) is 0 Å². The first-order valence-corrected chi connectivity index (χ1v) is 5.54. The van der Waals surface area contributed by atoms with E-state index in [2.05, 4.69) is 6.07 Å². The van der Waals surface area contributed by atoms with Crippen molar-refractivity contribution in [2.24, 2.45) is 0 Å². The normalized spacial score (nSPS) is 13.9. The molecule has 1 unspecified atom stereocenters. The molecule has 2 atom stereocenters. The average Bonchev–Trinajstić information content (AvgIpc) is 2.28. The molecule has 0 heterocycles. The molecule has 0 saturated carbocycles. The zero-order chi connectivity index (χ0) is 13.0. The van der Waals surface area contributed by atoms with Crippen LogP contribution in [-0.4, -0.2) is 18.2 Å². The zero-order valence-corrected chi connectivity index (χ0v) is 10.3. The summed E-state index contributed by atoms with van der Waals surface area (Å²) in [4.78, 5) is 1.88. The Morgan fingerprint density at radius 2 is 2.12 bits per heavy atom. The average molecular weight is 236 g/mol. The van der Waals surface area contributed by atoms with Gasteiger partial charge in [-0.25, -0.2) is 4.39 Å². The summed E-state index contributed by atoms with van der Waals surface area (Å²) in [6.07, 6.45) is -0.356. The number of aliphatic hydroxyl groups excluding tert-OH is 1. The van der Waals surface area contributed by atoms with Gasteiger partial charge in [-0.05, 0) is 32.0 Å². The van der Waals surface area contributed by atoms with Crippen LogP contribution in [0, 0.1) is 17.1 Å². The minimum absolute atomic E-state index is 0.0166. The minimum atomic E-state index is -0.738. The Balaban J connectivity index is 3.09. The monoisotopic (exact) mass is 236 g/mol. The van der Waals surface area contributed by atoms with Crippen molar-refractivity contribution in [2.75, 3.05) is 11.9 Å². The third-order valence-electron chi connectivity index (χ3n) is 2.87. The van der Waals surface area contributed by atoms with Gasteiger partial charge in [-0.1, -0.05) is 0 Å². The summed E-state index contributed by atoms with van der Waals surface area (Å²) in [5.74, 6) is -0.369. The van der Waals surface area contributed by atoms with Gasteiger partial charge < -0.3 is 10.0 Å². The molecule has 0 aromatic heterocycles. The van der Waals surface area contributed by atoms with E-state index in [1.165, 1.54) is 12.1 Å². The molecule has 0 aliphatic carbocycles. The van der Waals surface area contributed by atoms with Crippen LogP contribution in [0.25, 0.3) is 0 Å². The van der Waals surface area contributed by atoms with Crippen molar-refractivity contribution in [3.05, 3.63) is 29.6 Å². The Morgan fingerprint density at radius 1 is 1.47 bits per heavy atom. The third-order valence-corrected chi connectivity index (χ3v) is 2.87. The van der Waals surface area contributed by atoms with Crippen molar-refractivity contribution in [3.63, 3.8) is 0 Å². The van der Waals surface area contributed by atoms with E-state index in [1.807, 2.05) is 18.9 Å². The highest BCUT2D eigenvalue weighted by molar-refractivity contribution is 5.55. The highest BCUT2D eigenvalue weighted by Gasteiger charge is 2.16. The van der Waals surface area contributed by atoms with Gasteiger partial charge in [0.15, 0.2) is 0 Å². The fourth-order valence-electron chi connectivity index (χ4n) is 1.69. The van der Waals surface area contributed by atoms with E-state index in [0.717, 1.165) is 5.69 Å². The van der Waals surface area contributed by atoms with Gasteiger partial charge in [-0.3, -0.25) is 0 Å². The minimum Gasteiger partial charge on any atom is -0.389 e. The lowest BCUT2D eigenvalue weighted by molar-refractivity contribution is 0.199. The molecule has 4 heteroatoms. The van der Waals surface area contributed by atoms with Crippen molar-refractivity contribution < 1.29 is 9.50 Å². The quantitative estimate of drug-likeness (QED) is 0.874. The Labute approximate surface area is 101 Å². The highest BCUT2D eigenvalue weighted by Crippen LogP contribution is 2.28. The largest absolute Gasteiger partial charge is 0.389 e. The lowest BCUT2D eigenvalue weighted by Gasteiger charge is -2.28. The number of halogens is 1. The topological polar surface area (TPSA) is 47.3 Å². The zero-order valence-electron chi connectivity index (χ0n) is 10.3. The second-order valence-electron chi connectivity index (χ2n) is 4.20. The first-order valence-electron chi connectivity index (χ1n) is 5.54. The van der Waals surface area contributed by atoms with Crippen molar-refractivity contribution in [3.8, 4) is 6.07 Å². The molecule has 0 aliphatic heterocycles. The van der Waals surface area contributed by atoms with Crippen LogP contribution in [0.5, 0.6) is 0 Å². The van der Waals surface area contributed by atoms with E-state index < -0.39 is 6.10 Å². The number of rotatable bonds is 4. The van der Waals surface area contributed by atoms with E-state index in [1.54, 1.807) is 13.0 Å². The van der Waals surface area contributed by atoms with E-state index in [4.69, 9.17) is 5.26 Å². The molecule has 0 amide bonds. The molecule has 1 aromatic carbocycles. The molecule has 0 bridgehead atoms. The molecular formula is C13H17FN2O. The first kappa shape index (κ1) is 13.5. The maximum absolute atomic E-state index is 13.1. The van der Waals surface area contributed by atoms with Gasteiger partial charge >= 0.3 is 0 Å². The molecule has 0 fully saturated rings. The van der Waals surface area contributed by atoms with E-state index in [-0.39, 0.29) is 11.9 Å². The van der Waals surface area contributed by atoms with Gasteiger partial charge in [0.05, 0.1) is 18.6 Å². The van der Waals surface area contributed by atoms with E-state index >= 15 is 0 Å². The molecule has 1 N–H and O–H groups in total. The predicted molar refractivity (Wildman–Crippen MR) is 65.1 cm³/mol. The van der Waals surface area contributed by atoms with Crippen LogP contribution in [-0.2, 0) is 0 Å². The summed E-state index contributed by atoms with van der Waals surface area (Å²) in [7, 11) is 1.83. The smallest absolute Gasteiger partial charge is 0.123 e. The number of aliphatic hydroxyl groups is 1. The summed E-state index contributed by atoms with van der Waals surface area (Å²) in [5, 5.41) is 18.3. The maximum Gasteiger partial charge on any atom is 0.123 e. The summed E-state index contributed by atoms with van der Waals surface area (Å²) < 4.78 is 13.1. The Bertz CT molecular complexity index is 426. The van der Waals surface area contributed by atoms with Crippen molar-refractivity contribution in [2.45, 2.75) is 32.4 Å². The molecule has 3 nitrogen and oxygen atoms in total. The third kappa shape index (κ3) is 3.18. The second-order valence-corrected chi connectivity index (χ2v) is 4.20. The highest BCUT2D eigenvalue weighted by atomic mass is 19.1. The molecule has 1 aromatic rings. The number of nitrogens with zero attached hydrogens (tertiary/aromatic N) is 2. The fraction of sp³-hybridized carbons (Fsp3) is 0.462. The van der Waals surface area contributed by atoms with Crippen LogP contribution in [0.2, 0.25) is 0 Å². The molecule has 0 radical (unpaired) electrons. The first-order chi connectivity index (χ1) is 7.97. The van der Waals surface area contributed by atoms with Crippen LogP contribution >= 0.6 is 0 Å². The van der Waals surface area contributed by atoms with Crippen LogP contribution in [0.4, 0.5) is 10.1 Å². The van der Waals surface area contributed by atoms with Crippen LogP contribution in [0.15, 0.2) is 18.2 Å². The van der Waals surface area contributed by atoms with Crippen molar-refractivity contribution >= 4 is 5.69 Å². The van der Waals surface area contributed by atoms with Crippen LogP contribution in [0.3, 0.4) is 0 Å². The summed E-state index contributed by atoms with van der Waals surface area (Å²) in [6.45, 7) is 3.51. The van der Waals surface area contributed by atoms with Gasteiger partial charge in [-0.2, -0.15) is 5.26 Å². The molecule has 0 aliphatic rings. The summed E-state index contributed by atoms with van der Waals surface area (Å²) in [6, 6.07) is 6.43. The molecule has 0 spiro atoms. The van der Waals surface area contributed by atoms with Gasteiger partial charge in [0, 0.05) is 24.3 Å². The standard InChI is InChI=1S/C13H17FN2O/c1-9(6-7-15)16(3)13-5-4-11(14)8-12(13)10(2)17/h4-5,8-10,17H,6H2,1-3H3/t9?,10-/m0/s1.